The normalized spacial score (nSPS) is 15.1. The summed E-state index contributed by atoms with van der Waals surface area (Å²) in [4.78, 5) is 4.35. The summed E-state index contributed by atoms with van der Waals surface area (Å²) in [5.41, 5.74) is 2.24. The molecule has 0 bridgehead atoms. The van der Waals surface area contributed by atoms with Crippen molar-refractivity contribution >= 4 is 0 Å². The molecule has 0 saturated carbocycles. The van der Waals surface area contributed by atoms with E-state index in [0.717, 1.165) is 30.8 Å². The van der Waals surface area contributed by atoms with E-state index < -0.39 is 0 Å². The van der Waals surface area contributed by atoms with Crippen LogP contribution in [0.2, 0.25) is 0 Å². The minimum Gasteiger partial charge on any atom is -0.334 e. The van der Waals surface area contributed by atoms with Gasteiger partial charge in [-0.3, -0.25) is 4.68 Å². The number of aryl methyl sites for hydroxylation is 2. The third-order valence-electron chi connectivity index (χ3n) is 3.00. The van der Waals surface area contributed by atoms with Gasteiger partial charge >= 0.3 is 0 Å². The van der Waals surface area contributed by atoms with Crippen molar-refractivity contribution in [3.63, 3.8) is 0 Å². The molecule has 84 valence electrons. The average molecular weight is 218 g/mol. The first-order valence-electron chi connectivity index (χ1n) is 5.76. The molecular formula is C11H14N4O. The molecule has 1 aliphatic rings. The molecule has 0 radical (unpaired) electrons. The third kappa shape index (κ3) is 1.43. The molecule has 5 heteroatoms. The Balaban J connectivity index is 2.02. The fourth-order valence-electron chi connectivity index (χ4n) is 2.11. The fourth-order valence-corrected chi connectivity index (χ4v) is 2.11. The second kappa shape index (κ2) is 3.73. The number of rotatable bonds is 2. The smallest absolute Gasteiger partial charge is 0.261 e. The summed E-state index contributed by atoms with van der Waals surface area (Å²) in [5, 5.41) is 8.27. The third-order valence-corrected chi connectivity index (χ3v) is 3.00. The van der Waals surface area contributed by atoms with Gasteiger partial charge < -0.3 is 4.52 Å². The van der Waals surface area contributed by atoms with E-state index in [4.69, 9.17) is 4.52 Å². The van der Waals surface area contributed by atoms with Gasteiger partial charge in [-0.2, -0.15) is 10.1 Å². The van der Waals surface area contributed by atoms with Gasteiger partial charge in [0.2, 0.25) is 0 Å². The molecule has 0 amide bonds. The summed E-state index contributed by atoms with van der Waals surface area (Å²) in [6.07, 6.45) is 6.12. The summed E-state index contributed by atoms with van der Waals surface area (Å²) < 4.78 is 7.30. The van der Waals surface area contributed by atoms with E-state index in [1.54, 1.807) is 0 Å². The van der Waals surface area contributed by atoms with Gasteiger partial charge in [0.15, 0.2) is 5.82 Å². The van der Waals surface area contributed by atoms with Crippen molar-refractivity contribution in [3.8, 4) is 11.5 Å². The van der Waals surface area contributed by atoms with Gasteiger partial charge in [-0.05, 0) is 19.3 Å². The highest BCUT2D eigenvalue weighted by molar-refractivity contribution is 5.55. The Kier molecular flexibility index (Phi) is 2.23. The number of hydrogen-bond donors (Lipinski definition) is 0. The molecule has 0 unspecified atom stereocenters. The zero-order chi connectivity index (χ0) is 11.0. The maximum absolute atomic E-state index is 5.25. The first-order chi connectivity index (χ1) is 7.88. The van der Waals surface area contributed by atoms with Gasteiger partial charge in [0.1, 0.15) is 0 Å². The lowest BCUT2D eigenvalue weighted by molar-refractivity contribution is 0.422. The lowest BCUT2D eigenvalue weighted by Gasteiger charge is -2.13. The molecule has 0 atom stereocenters. The highest BCUT2D eigenvalue weighted by atomic mass is 16.5. The molecule has 3 rings (SSSR count). The quantitative estimate of drug-likeness (QED) is 0.771. The molecule has 0 N–H and O–H groups in total. The van der Waals surface area contributed by atoms with Crippen molar-refractivity contribution in [2.24, 2.45) is 0 Å². The summed E-state index contributed by atoms with van der Waals surface area (Å²) in [6.45, 7) is 3.02. The van der Waals surface area contributed by atoms with Crippen LogP contribution in [0.4, 0.5) is 0 Å². The molecule has 0 aromatic carbocycles. The van der Waals surface area contributed by atoms with E-state index in [1.165, 1.54) is 18.5 Å². The van der Waals surface area contributed by atoms with Crippen LogP contribution in [0.15, 0.2) is 10.7 Å². The van der Waals surface area contributed by atoms with Crippen molar-refractivity contribution in [1.29, 1.82) is 0 Å². The SMILES string of the molecule is CCc1noc(-c2cnn3c2CCCC3)n1. The van der Waals surface area contributed by atoms with Gasteiger partial charge in [-0.15, -0.1) is 0 Å². The van der Waals surface area contributed by atoms with Crippen molar-refractivity contribution < 1.29 is 4.52 Å². The fraction of sp³-hybridized carbons (Fsp3) is 0.545. The Morgan fingerprint density at radius 2 is 2.38 bits per heavy atom. The van der Waals surface area contributed by atoms with Crippen LogP contribution in [0.3, 0.4) is 0 Å². The number of nitrogens with zero attached hydrogens (tertiary/aromatic N) is 4. The maximum Gasteiger partial charge on any atom is 0.261 e. The largest absolute Gasteiger partial charge is 0.334 e. The molecule has 3 heterocycles. The van der Waals surface area contributed by atoms with Gasteiger partial charge in [0, 0.05) is 13.0 Å². The molecule has 1 aliphatic heterocycles. The molecule has 2 aromatic rings. The first-order valence-corrected chi connectivity index (χ1v) is 5.76. The van der Waals surface area contributed by atoms with Crippen LogP contribution in [0, 0.1) is 0 Å². The molecule has 2 aromatic heterocycles. The highest BCUT2D eigenvalue weighted by Gasteiger charge is 2.19. The van der Waals surface area contributed by atoms with Crippen molar-refractivity contribution in [1.82, 2.24) is 19.9 Å². The monoisotopic (exact) mass is 218 g/mol. The van der Waals surface area contributed by atoms with Gasteiger partial charge in [-0.1, -0.05) is 12.1 Å². The summed E-state index contributed by atoms with van der Waals surface area (Å²) in [5.74, 6) is 1.37. The Morgan fingerprint density at radius 1 is 1.44 bits per heavy atom. The molecule has 0 spiro atoms. The van der Waals surface area contributed by atoms with Crippen molar-refractivity contribution in [3.05, 3.63) is 17.7 Å². The molecule has 0 saturated heterocycles. The van der Waals surface area contributed by atoms with Gasteiger partial charge in [0.05, 0.1) is 17.5 Å². The minimum atomic E-state index is 0.611. The van der Waals surface area contributed by atoms with Gasteiger partial charge in [-0.25, -0.2) is 0 Å². The minimum absolute atomic E-state index is 0.611. The second-order valence-electron chi connectivity index (χ2n) is 4.05. The van der Waals surface area contributed by atoms with E-state index in [9.17, 15) is 0 Å². The van der Waals surface area contributed by atoms with Crippen LogP contribution < -0.4 is 0 Å². The molecule has 0 fully saturated rings. The molecule has 5 nitrogen and oxygen atoms in total. The average Bonchev–Trinajstić information content (AvgIpc) is 2.94. The van der Waals surface area contributed by atoms with Crippen LogP contribution in [0.1, 0.15) is 31.3 Å². The van der Waals surface area contributed by atoms with E-state index in [0.29, 0.717) is 5.89 Å². The Labute approximate surface area is 93.5 Å². The standard InChI is InChI=1S/C11H14N4O/c1-2-10-13-11(16-14-10)8-7-12-15-6-4-3-5-9(8)15/h7H,2-6H2,1H3. The van der Waals surface area contributed by atoms with Crippen LogP contribution >= 0.6 is 0 Å². The Bertz CT molecular complexity index is 500. The topological polar surface area (TPSA) is 56.7 Å². The molecular weight excluding hydrogens is 204 g/mol. The first kappa shape index (κ1) is 9.57. The van der Waals surface area contributed by atoms with E-state index in [-0.39, 0.29) is 0 Å². The van der Waals surface area contributed by atoms with Crippen LogP contribution in [-0.4, -0.2) is 19.9 Å². The number of hydrogen-bond acceptors (Lipinski definition) is 4. The second-order valence-corrected chi connectivity index (χ2v) is 4.05. The van der Waals surface area contributed by atoms with E-state index in [1.807, 2.05) is 13.1 Å². The lowest BCUT2D eigenvalue weighted by atomic mass is 10.1. The van der Waals surface area contributed by atoms with Gasteiger partial charge in [0.25, 0.3) is 5.89 Å². The Morgan fingerprint density at radius 3 is 3.19 bits per heavy atom. The van der Waals surface area contributed by atoms with Crippen LogP contribution in [0.5, 0.6) is 0 Å². The molecule has 16 heavy (non-hydrogen) atoms. The van der Waals surface area contributed by atoms with Crippen molar-refractivity contribution in [2.45, 2.75) is 39.2 Å². The van der Waals surface area contributed by atoms with Crippen molar-refractivity contribution in [2.75, 3.05) is 0 Å². The van der Waals surface area contributed by atoms with Crippen LogP contribution in [0.25, 0.3) is 11.5 Å². The van der Waals surface area contributed by atoms with E-state index in [2.05, 4.69) is 19.9 Å². The van der Waals surface area contributed by atoms with E-state index >= 15 is 0 Å². The Hall–Kier alpha value is -1.65. The highest BCUT2D eigenvalue weighted by Crippen LogP contribution is 2.26. The lowest BCUT2D eigenvalue weighted by Crippen LogP contribution is -2.11. The number of aromatic nitrogens is 4. The predicted octanol–water partition coefficient (Wildman–Crippen LogP) is 1.83. The maximum atomic E-state index is 5.25. The zero-order valence-corrected chi connectivity index (χ0v) is 9.31. The summed E-state index contributed by atoms with van der Waals surface area (Å²) in [6, 6.07) is 0. The van der Waals surface area contributed by atoms with Crippen LogP contribution in [-0.2, 0) is 19.4 Å². The zero-order valence-electron chi connectivity index (χ0n) is 9.31. The summed E-state index contributed by atoms with van der Waals surface area (Å²) >= 11 is 0. The molecule has 0 aliphatic carbocycles. The predicted molar refractivity (Wildman–Crippen MR) is 57.8 cm³/mol. The summed E-state index contributed by atoms with van der Waals surface area (Å²) in [7, 11) is 0. The number of fused-ring (bicyclic) bond motifs is 1.